The predicted molar refractivity (Wildman–Crippen MR) is 103 cm³/mol. The number of carbonyl (C=O) groups is 3. The van der Waals surface area contributed by atoms with Crippen LogP contribution >= 0.6 is 23.2 Å². The zero-order valence-electron chi connectivity index (χ0n) is 14.2. The van der Waals surface area contributed by atoms with Crippen LogP contribution < -0.4 is 10.2 Å². The second kappa shape index (κ2) is 8.41. The molecule has 0 spiro atoms. The molecule has 1 heterocycles. The topological polar surface area (TPSA) is 75.7 Å². The zero-order valence-corrected chi connectivity index (χ0v) is 15.7. The quantitative estimate of drug-likeness (QED) is 0.770. The molecule has 1 aliphatic heterocycles. The maximum Gasteiger partial charge on any atom is 0.311 e. The molecule has 2 aromatic rings. The lowest BCUT2D eigenvalue weighted by molar-refractivity contribution is -0.151. The van der Waals surface area contributed by atoms with Crippen LogP contribution in [0.3, 0.4) is 0 Å². The number of anilines is 2. The molecule has 1 saturated heterocycles. The summed E-state index contributed by atoms with van der Waals surface area (Å²) in [7, 11) is 0. The summed E-state index contributed by atoms with van der Waals surface area (Å²) >= 11 is 11.7. The van der Waals surface area contributed by atoms with E-state index in [2.05, 4.69) is 5.32 Å². The largest absolute Gasteiger partial charge is 0.455 e. The molecular formula is C19H16Cl2N2O4. The molecule has 0 bridgehead atoms. The first kappa shape index (κ1) is 19.2. The van der Waals surface area contributed by atoms with Gasteiger partial charge in [-0.15, -0.1) is 0 Å². The van der Waals surface area contributed by atoms with Gasteiger partial charge < -0.3 is 15.0 Å². The van der Waals surface area contributed by atoms with E-state index in [4.69, 9.17) is 27.9 Å². The lowest BCUT2D eigenvalue weighted by Crippen LogP contribution is -2.28. The molecule has 0 aliphatic carbocycles. The minimum atomic E-state index is -0.605. The number of rotatable bonds is 5. The molecule has 27 heavy (non-hydrogen) atoms. The summed E-state index contributed by atoms with van der Waals surface area (Å²) in [5.74, 6) is -1.86. The van der Waals surface area contributed by atoms with Gasteiger partial charge in [-0.2, -0.15) is 0 Å². The first-order valence-corrected chi connectivity index (χ1v) is 8.96. The summed E-state index contributed by atoms with van der Waals surface area (Å²) in [6, 6.07) is 13.7. The molecule has 1 aliphatic rings. The normalized spacial score (nSPS) is 16.3. The standard InChI is InChI=1S/C19H16Cl2N2O4/c20-13-7-14(21)9-15(8-13)22-17(24)11-27-19(26)12-6-18(25)23(10-12)16-4-2-1-3-5-16/h1-5,7-9,12H,6,10-11H2,(H,22,24)/t12-/m0/s1. The van der Waals surface area contributed by atoms with Gasteiger partial charge in [-0.1, -0.05) is 41.4 Å². The molecule has 140 valence electrons. The van der Waals surface area contributed by atoms with Gasteiger partial charge in [0.15, 0.2) is 6.61 Å². The summed E-state index contributed by atoms with van der Waals surface area (Å²) in [5.41, 5.74) is 1.13. The van der Waals surface area contributed by atoms with Crippen molar-refractivity contribution in [2.75, 3.05) is 23.4 Å². The molecule has 8 heteroatoms. The Hall–Kier alpha value is -2.57. The Labute approximate surface area is 166 Å². The molecule has 3 rings (SSSR count). The second-order valence-electron chi connectivity index (χ2n) is 6.05. The van der Waals surface area contributed by atoms with Crippen molar-refractivity contribution in [3.8, 4) is 0 Å². The van der Waals surface area contributed by atoms with Crippen molar-refractivity contribution in [2.45, 2.75) is 6.42 Å². The minimum absolute atomic E-state index is 0.0548. The highest BCUT2D eigenvalue weighted by molar-refractivity contribution is 6.35. The smallest absolute Gasteiger partial charge is 0.311 e. The number of nitrogens with zero attached hydrogens (tertiary/aromatic N) is 1. The van der Waals surface area contributed by atoms with Crippen LogP contribution in [-0.2, 0) is 19.1 Å². The van der Waals surface area contributed by atoms with Gasteiger partial charge in [0.05, 0.1) is 5.92 Å². The van der Waals surface area contributed by atoms with E-state index in [0.29, 0.717) is 15.7 Å². The number of halogens is 2. The van der Waals surface area contributed by atoms with Crippen LogP contribution in [-0.4, -0.2) is 30.9 Å². The van der Waals surface area contributed by atoms with Crippen molar-refractivity contribution < 1.29 is 19.1 Å². The van der Waals surface area contributed by atoms with Crippen molar-refractivity contribution in [1.29, 1.82) is 0 Å². The summed E-state index contributed by atoms with van der Waals surface area (Å²) < 4.78 is 5.06. The summed E-state index contributed by atoms with van der Waals surface area (Å²) in [4.78, 5) is 37.9. The Kier molecular flexibility index (Phi) is 5.98. The van der Waals surface area contributed by atoms with Gasteiger partial charge >= 0.3 is 5.97 Å². The second-order valence-corrected chi connectivity index (χ2v) is 6.93. The van der Waals surface area contributed by atoms with Gasteiger partial charge in [0.25, 0.3) is 5.91 Å². The minimum Gasteiger partial charge on any atom is -0.455 e. The van der Waals surface area contributed by atoms with Crippen LogP contribution in [0.4, 0.5) is 11.4 Å². The van der Waals surface area contributed by atoms with Crippen LogP contribution in [0, 0.1) is 5.92 Å². The lowest BCUT2D eigenvalue weighted by Gasteiger charge is -2.16. The fourth-order valence-electron chi connectivity index (χ4n) is 2.80. The third kappa shape index (κ3) is 4.99. The monoisotopic (exact) mass is 406 g/mol. The Morgan fingerprint density at radius 3 is 2.44 bits per heavy atom. The van der Waals surface area contributed by atoms with E-state index in [9.17, 15) is 14.4 Å². The van der Waals surface area contributed by atoms with E-state index in [1.807, 2.05) is 18.2 Å². The van der Waals surface area contributed by atoms with E-state index >= 15 is 0 Å². The maximum absolute atomic E-state index is 12.2. The van der Waals surface area contributed by atoms with Gasteiger partial charge in [-0.3, -0.25) is 14.4 Å². The highest BCUT2D eigenvalue weighted by Crippen LogP contribution is 2.26. The van der Waals surface area contributed by atoms with Crippen LogP contribution in [0.15, 0.2) is 48.5 Å². The van der Waals surface area contributed by atoms with E-state index in [-0.39, 0.29) is 18.9 Å². The molecule has 2 amide bonds. The summed E-state index contributed by atoms with van der Waals surface area (Å²) in [6.07, 6.45) is 0.0548. The van der Waals surface area contributed by atoms with Crippen LogP contribution in [0.2, 0.25) is 10.0 Å². The van der Waals surface area contributed by atoms with Crippen LogP contribution in [0.25, 0.3) is 0 Å². The summed E-state index contributed by atoms with van der Waals surface area (Å²) in [6.45, 7) is -0.230. The Bertz CT molecular complexity index is 853. The molecule has 2 aromatic carbocycles. The maximum atomic E-state index is 12.2. The van der Waals surface area contributed by atoms with E-state index in [1.165, 1.54) is 18.2 Å². The van der Waals surface area contributed by atoms with Gasteiger partial charge in [0, 0.05) is 34.4 Å². The molecule has 0 saturated carbocycles. The van der Waals surface area contributed by atoms with Crippen molar-refractivity contribution in [1.82, 2.24) is 0 Å². The zero-order chi connectivity index (χ0) is 19.4. The van der Waals surface area contributed by atoms with Gasteiger partial charge in [-0.25, -0.2) is 0 Å². The molecule has 0 aromatic heterocycles. The molecule has 0 radical (unpaired) electrons. The first-order chi connectivity index (χ1) is 12.9. The number of ether oxygens (including phenoxy) is 1. The number of hydrogen-bond acceptors (Lipinski definition) is 4. The van der Waals surface area contributed by atoms with Crippen LogP contribution in [0.5, 0.6) is 0 Å². The fourth-order valence-corrected chi connectivity index (χ4v) is 3.33. The average Bonchev–Trinajstić information content (AvgIpc) is 3.01. The predicted octanol–water partition coefficient (Wildman–Crippen LogP) is 3.53. The molecule has 6 nitrogen and oxygen atoms in total. The van der Waals surface area contributed by atoms with Crippen molar-refractivity contribution in [2.24, 2.45) is 5.92 Å². The van der Waals surface area contributed by atoms with Gasteiger partial charge in [0.2, 0.25) is 5.91 Å². The van der Waals surface area contributed by atoms with Crippen molar-refractivity contribution in [3.05, 3.63) is 58.6 Å². The molecular weight excluding hydrogens is 391 g/mol. The van der Waals surface area contributed by atoms with Gasteiger partial charge in [0.1, 0.15) is 0 Å². The fraction of sp³-hybridized carbons (Fsp3) is 0.211. The molecule has 1 fully saturated rings. The van der Waals surface area contributed by atoms with Gasteiger partial charge in [-0.05, 0) is 30.3 Å². The number of esters is 1. The van der Waals surface area contributed by atoms with Crippen molar-refractivity contribution >= 4 is 52.4 Å². The summed E-state index contributed by atoms with van der Waals surface area (Å²) in [5, 5.41) is 3.30. The van der Waals surface area contributed by atoms with Crippen LogP contribution in [0.1, 0.15) is 6.42 Å². The first-order valence-electron chi connectivity index (χ1n) is 8.20. The van der Waals surface area contributed by atoms with E-state index in [0.717, 1.165) is 5.69 Å². The number of nitrogens with one attached hydrogen (secondary N) is 1. The molecule has 1 N–H and O–H groups in total. The third-order valence-corrected chi connectivity index (χ3v) is 4.45. The molecule has 1 atom stereocenters. The highest BCUT2D eigenvalue weighted by Gasteiger charge is 2.36. The lowest BCUT2D eigenvalue weighted by atomic mass is 10.1. The Balaban J connectivity index is 1.52. The Morgan fingerprint density at radius 2 is 1.78 bits per heavy atom. The van der Waals surface area contributed by atoms with E-state index in [1.54, 1.807) is 17.0 Å². The number of amides is 2. The average molecular weight is 407 g/mol. The number of benzene rings is 2. The number of carbonyl (C=O) groups excluding carboxylic acids is 3. The number of hydrogen-bond donors (Lipinski definition) is 1. The molecule has 0 unspecified atom stereocenters. The van der Waals surface area contributed by atoms with E-state index < -0.39 is 24.4 Å². The highest BCUT2D eigenvalue weighted by atomic mass is 35.5. The third-order valence-electron chi connectivity index (χ3n) is 4.02. The number of para-hydroxylation sites is 1. The van der Waals surface area contributed by atoms with Crippen molar-refractivity contribution in [3.63, 3.8) is 0 Å². The Morgan fingerprint density at radius 1 is 1.11 bits per heavy atom. The SMILES string of the molecule is O=C(COC(=O)[C@H]1CC(=O)N(c2ccccc2)C1)Nc1cc(Cl)cc(Cl)c1.